The zero-order valence-corrected chi connectivity index (χ0v) is 18.8. The van der Waals surface area contributed by atoms with Gasteiger partial charge in [-0.3, -0.25) is 9.59 Å². The maximum atomic E-state index is 13.1. The largest absolute Gasteiger partial charge is 0.299 e. The molecule has 0 amide bonds. The van der Waals surface area contributed by atoms with Crippen molar-refractivity contribution in [3.63, 3.8) is 0 Å². The van der Waals surface area contributed by atoms with Crippen molar-refractivity contribution in [2.75, 3.05) is 11.5 Å². The van der Waals surface area contributed by atoms with Gasteiger partial charge in [-0.15, -0.1) is 10.3 Å². The number of carbonyl (C=O) groups is 2. The number of fused-ring (bicyclic) bond motifs is 2. The van der Waals surface area contributed by atoms with E-state index in [1.165, 1.54) is 6.92 Å². The SMILES string of the molecule is CC(=O)CS(OS(=O)(=O)CC12CCC(CC1=O)C2(C)C)(C(C)C)C(C)C. The molecule has 2 rings (SSSR count). The fraction of sp³-hybridized carbons (Fsp3) is 0.895. The van der Waals surface area contributed by atoms with Gasteiger partial charge in [0.1, 0.15) is 11.6 Å². The highest BCUT2D eigenvalue weighted by molar-refractivity contribution is 8.34. The lowest BCUT2D eigenvalue weighted by Crippen LogP contribution is -2.43. The molecule has 0 spiro atoms. The van der Waals surface area contributed by atoms with E-state index in [0.717, 1.165) is 6.42 Å². The summed E-state index contributed by atoms with van der Waals surface area (Å²) >= 11 is 0. The van der Waals surface area contributed by atoms with E-state index < -0.39 is 25.8 Å². The molecule has 7 heteroatoms. The number of Topliss-reactive ketones (excluding diaryl/α,β-unsaturated/α-hetero) is 2. The van der Waals surface area contributed by atoms with Gasteiger partial charge in [0.05, 0.1) is 16.9 Å². The minimum Gasteiger partial charge on any atom is -0.299 e. The molecule has 0 N–H and O–H groups in total. The van der Waals surface area contributed by atoms with Crippen LogP contribution in [-0.4, -0.2) is 42.0 Å². The normalized spacial score (nSPS) is 29.0. The fourth-order valence-corrected chi connectivity index (χ4v) is 11.9. The van der Waals surface area contributed by atoms with Crippen molar-refractivity contribution in [3.8, 4) is 0 Å². The van der Waals surface area contributed by atoms with Crippen LogP contribution < -0.4 is 0 Å². The summed E-state index contributed by atoms with van der Waals surface area (Å²) in [6.07, 6.45) is 1.99. The second-order valence-electron chi connectivity index (χ2n) is 9.16. The molecular formula is C19H34O5S2. The summed E-state index contributed by atoms with van der Waals surface area (Å²) in [6, 6.07) is 0. The van der Waals surface area contributed by atoms with Crippen LogP contribution in [0.2, 0.25) is 0 Å². The van der Waals surface area contributed by atoms with E-state index >= 15 is 0 Å². The first-order valence-corrected chi connectivity index (χ1v) is 12.9. The predicted molar refractivity (Wildman–Crippen MR) is 107 cm³/mol. The molecule has 0 saturated heterocycles. The summed E-state index contributed by atoms with van der Waals surface area (Å²) in [5, 5.41) is -0.135. The van der Waals surface area contributed by atoms with Gasteiger partial charge < -0.3 is 0 Å². The van der Waals surface area contributed by atoms with Crippen molar-refractivity contribution >= 4 is 32.0 Å². The molecule has 0 radical (unpaired) electrons. The average molecular weight is 407 g/mol. The van der Waals surface area contributed by atoms with Crippen LogP contribution >= 0.6 is 10.3 Å². The van der Waals surface area contributed by atoms with Crippen molar-refractivity contribution in [2.45, 2.75) is 78.2 Å². The zero-order valence-electron chi connectivity index (χ0n) is 17.1. The second-order valence-corrected chi connectivity index (χ2v) is 14.8. The first-order valence-electron chi connectivity index (χ1n) is 9.45. The molecule has 0 aromatic heterocycles. The van der Waals surface area contributed by atoms with Crippen LogP contribution in [0.25, 0.3) is 0 Å². The molecule has 152 valence electrons. The lowest BCUT2D eigenvalue weighted by molar-refractivity contribution is -0.128. The highest BCUT2D eigenvalue weighted by atomic mass is 32.3. The summed E-state index contributed by atoms with van der Waals surface area (Å²) < 4.78 is 32.2. The first kappa shape index (κ1) is 21.9. The molecule has 2 aliphatic carbocycles. The van der Waals surface area contributed by atoms with Gasteiger partial charge in [-0.25, -0.2) is 3.63 Å². The minimum atomic E-state index is -3.94. The molecule has 5 nitrogen and oxygen atoms in total. The van der Waals surface area contributed by atoms with Gasteiger partial charge >= 0.3 is 0 Å². The number of carbonyl (C=O) groups excluding carboxylic acids is 2. The van der Waals surface area contributed by atoms with Gasteiger partial charge in [-0.2, -0.15) is 8.42 Å². The van der Waals surface area contributed by atoms with Crippen molar-refractivity contribution in [1.29, 1.82) is 0 Å². The number of ketones is 2. The first-order chi connectivity index (χ1) is 11.7. The summed E-state index contributed by atoms with van der Waals surface area (Å²) in [6.45, 7) is 13.2. The predicted octanol–water partition coefficient (Wildman–Crippen LogP) is 3.85. The maximum absolute atomic E-state index is 13.1. The Kier molecular flexibility index (Phi) is 5.80. The van der Waals surface area contributed by atoms with E-state index in [0.29, 0.717) is 12.8 Å². The molecule has 0 aromatic rings. The third kappa shape index (κ3) is 3.39. The molecule has 0 aromatic carbocycles. The second kappa shape index (κ2) is 6.89. The van der Waals surface area contributed by atoms with E-state index in [2.05, 4.69) is 0 Å². The van der Waals surface area contributed by atoms with Crippen LogP contribution in [0.3, 0.4) is 0 Å². The van der Waals surface area contributed by atoms with Gasteiger partial charge in [0.25, 0.3) is 10.1 Å². The Labute approximate surface area is 160 Å². The van der Waals surface area contributed by atoms with Gasteiger partial charge in [0.15, 0.2) is 0 Å². The van der Waals surface area contributed by atoms with E-state index in [9.17, 15) is 18.0 Å². The molecule has 0 aliphatic heterocycles. The highest BCUT2D eigenvalue weighted by Gasteiger charge is 2.65. The van der Waals surface area contributed by atoms with E-state index in [1.807, 2.05) is 41.5 Å². The Balaban J connectivity index is 2.37. The Morgan fingerprint density at radius 1 is 1.19 bits per heavy atom. The minimum absolute atomic E-state index is 0.0611. The van der Waals surface area contributed by atoms with Crippen molar-refractivity contribution in [2.24, 2.45) is 16.7 Å². The van der Waals surface area contributed by atoms with Crippen LogP contribution in [0.4, 0.5) is 0 Å². The summed E-state index contributed by atoms with van der Waals surface area (Å²) in [5.41, 5.74) is -1.17. The topological polar surface area (TPSA) is 77.5 Å². The fourth-order valence-electron chi connectivity index (χ4n) is 5.00. The van der Waals surface area contributed by atoms with Crippen LogP contribution in [-0.2, 0) is 23.3 Å². The standard InChI is InChI=1S/C19H34O5S2/c1-13(2)25(14(3)4,11-15(5)20)24-26(22,23)12-19-9-8-16(10-17(19)21)18(19,6)7/h13-14,16H,8-12H2,1-7H3. The Hall–Kier alpha value is -0.400. The molecule has 0 heterocycles. The third-order valence-electron chi connectivity index (χ3n) is 6.82. The lowest BCUT2D eigenvalue weighted by Gasteiger charge is -2.46. The Morgan fingerprint density at radius 2 is 1.73 bits per heavy atom. The van der Waals surface area contributed by atoms with Crippen LogP contribution in [0.5, 0.6) is 0 Å². The molecular weight excluding hydrogens is 372 g/mol. The molecule has 2 unspecified atom stereocenters. The van der Waals surface area contributed by atoms with Crippen molar-refractivity contribution in [1.82, 2.24) is 0 Å². The van der Waals surface area contributed by atoms with Gasteiger partial charge in [0.2, 0.25) is 0 Å². The molecule has 2 atom stereocenters. The maximum Gasteiger partial charge on any atom is 0.277 e. The van der Waals surface area contributed by atoms with E-state index in [-0.39, 0.29) is 44.9 Å². The van der Waals surface area contributed by atoms with E-state index in [1.54, 1.807) is 0 Å². The lowest BCUT2D eigenvalue weighted by atomic mass is 9.70. The quantitative estimate of drug-likeness (QED) is 0.612. The molecule has 2 saturated carbocycles. The number of rotatable bonds is 8. The van der Waals surface area contributed by atoms with E-state index in [4.69, 9.17) is 3.63 Å². The number of hydrogen-bond donors (Lipinski definition) is 0. The summed E-state index contributed by atoms with van der Waals surface area (Å²) in [7, 11) is -6.10. The Bertz CT molecular complexity index is 685. The van der Waals surface area contributed by atoms with Crippen LogP contribution in [0.15, 0.2) is 0 Å². The smallest absolute Gasteiger partial charge is 0.277 e. The van der Waals surface area contributed by atoms with Crippen molar-refractivity contribution in [3.05, 3.63) is 0 Å². The molecule has 2 aliphatic rings. The van der Waals surface area contributed by atoms with Crippen molar-refractivity contribution < 1.29 is 21.6 Å². The molecule has 26 heavy (non-hydrogen) atoms. The van der Waals surface area contributed by atoms with Crippen LogP contribution in [0.1, 0.15) is 67.7 Å². The summed E-state index contributed by atoms with van der Waals surface area (Å²) in [4.78, 5) is 24.6. The zero-order chi connectivity index (χ0) is 20.1. The highest BCUT2D eigenvalue weighted by Crippen LogP contribution is 2.65. The monoisotopic (exact) mass is 406 g/mol. The van der Waals surface area contributed by atoms with Gasteiger partial charge in [-0.05, 0) is 31.1 Å². The average Bonchev–Trinajstić information content (AvgIpc) is 2.78. The summed E-state index contributed by atoms with van der Waals surface area (Å²) in [5.74, 6) is 0.138. The Morgan fingerprint density at radius 3 is 2.08 bits per heavy atom. The third-order valence-corrected chi connectivity index (χ3v) is 13.6. The molecule has 2 fully saturated rings. The van der Waals surface area contributed by atoms with Gasteiger partial charge in [-0.1, -0.05) is 41.5 Å². The molecule has 2 bridgehead atoms. The van der Waals surface area contributed by atoms with Gasteiger partial charge in [0, 0.05) is 16.9 Å². The van der Waals surface area contributed by atoms with Crippen LogP contribution in [0, 0.1) is 16.7 Å². The number of hydrogen-bond acceptors (Lipinski definition) is 5.